The lowest BCUT2D eigenvalue weighted by Crippen LogP contribution is -2.26. The first kappa shape index (κ1) is 14.5. The van der Waals surface area contributed by atoms with Crippen molar-refractivity contribution in [3.63, 3.8) is 0 Å². The van der Waals surface area contributed by atoms with Crippen molar-refractivity contribution in [1.82, 2.24) is 0 Å². The van der Waals surface area contributed by atoms with Crippen LogP contribution in [0.3, 0.4) is 0 Å². The van der Waals surface area contributed by atoms with Crippen LogP contribution in [0.25, 0.3) is 0 Å². The number of nitro benzene ring substituents is 1. The van der Waals surface area contributed by atoms with Crippen LogP contribution in [0.2, 0.25) is 0 Å². The zero-order valence-corrected chi connectivity index (χ0v) is 11.4. The Balaban J connectivity index is 2.75. The molecule has 0 N–H and O–H groups in total. The topological polar surface area (TPSA) is 46.4 Å². The summed E-state index contributed by atoms with van der Waals surface area (Å²) in [7, 11) is 0. The fourth-order valence-corrected chi connectivity index (χ4v) is 1.84. The first-order valence-corrected chi connectivity index (χ1v) is 6.54. The van der Waals surface area contributed by atoms with Gasteiger partial charge in [0.2, 0.25) is 0 Å². The number of hydrogen-bond acceptors (Lipinski definition) is 3. The zero-order chi connectivity index (χ0) is 13.5. The molecule has 0 aliphatic carbocycles. The van der Waals surface area contributed by atoms with Gasteiger partial charge >= 0.3 is 0 Å². The van der Waals surface area contributed by atoms with E-state index in [-0.39, 0.29) is 10.6 Å². The molecule has 1 aromatic rings. The molecule has 0 bridgehead atoms. The average molecular weight is 250 g/mol. The van der Waals surface area contributed by atoms with Gasteiger partial charge in [-0.1, -0.05) is 20.8 Å². The molecule has 0 spiro atoms. The number of nitrogens with zero attached hydrogens (tertiary/aromatic N) is 2. The molecular weight excluding hydrogens is 228 g/mol. The Labute approximate surface area is 109 Å². The molecule has 0 aromatic heterocycles. The van der Waals surface area contributed by atoms with Crippen LogP contribution in [0.15, 0.2) is 24.3 Å². The van der Waals surface area contributed by atoms with Crippen LogP contribution in [-0.4, -0.2) is 18.0 Å². The molecule has 0 atom stereocenters. The quantitative estimate of drug-likeness (QED) is 0.545. The van der Waals surface area contributed by atoms with Crippen LogP contribution < -0.4 is 4.90 Å². The third-order valence-electron chi connectivity index (χ3n) is 2.90. The molecule has 0 radical (unpaired) electrons. The number of anilines is 1. The summed E-state index contributed by atoms with van der Waals surface area (Å²) in [5.41, 5.74) is 1.22. The van der Waals surface area contributed by atoms with E-state index in [0.717, 1.165) is 31.6 Å². The van der Waals surface area contributed by atoms with Crippen molar-refractivity contribution in [2.24, 2.45) is 5.92 Å². The number of rotatable bonds is 7. The highest BCUT2D eigenvalue weighted by Gasteiger charge is 2.09. The van der Waals surface area contributed by atoms with E-state index in [2.05, 4.69) is 25.7 Å². The Kier molecular flexibility index (Phi) is 5.62. The van der Waals surface area contributed by atoms with Gasteiger partial charge in [0, 0.05) is 30.9 Å². The second-order valence-electron chi connectivity index (χ2n) is 4.94. The van der Waals surface area contributed by atoms with Crippen molar-refractivity contribution < 1.29 is 4.92 Å². The second kappa shape index (κ2) is 6.99. The highest BCUT2D eigenvalue weighted by atomic mass is 16.6. The van der Waals surface area contributed by atoms with Crippen LogP contribution in [-0.2, 0) is 0 Å². The van der Waals surface area contributed by atoms with E-state index in [1.54, 1.807) is 12.1 Å². The second-order valence-corrected chi connectivity index (χ2v) is 4.94. The largest absolute Gasteiger partial charge is 0.372 e. The highest BCUT2D eigenvalue weighted by Crippen LogP contribution is 2.20. The summed E-state index contributed by atoms with van der Waals surface area (Å²) in [6, 6.07) is 6.84. The molecule has 0 aliphatic rings. The van der Waals surface area contributed by atoms with Crippen LogP contribution in [0, 0.1) is 16.0 Å². The molecule has 4 heteroatoms. The van der Waals surface area contributed by atoms with Gasteiger partial charge < -0.3 is 4.90 Å². The Bertz CT molecular complexity index is 374. The molecule has 0 amide bonds. The van der Waals surface area contributed by atoms with E-state index in [9.17, 15) is 10.1 Å². The minimum atomic E-state index is -0.359. The fourth-order valence-electron chi connectivity index (χ4n) is 1.84. The fraction of sp³-hybridized carbons (Fsp3) is 0.571. The summed E-state index contributed by atoms with van der Waals surface area (Å²) in [6.07, 6.45) is 2.21. The van der Waals surface area contributed by atoms with Crippen molar-refractivity contribution in [2.45, 2.75) is 33.6 Å². The number of hydrogen-bond donors (Lipinski definition) is 0. The molecule has 1 aromatic carbocycles. The minimum Gasteiger partial charge on any atom is -0.372 e. The Morgan fingerprint density at radius 2 is 1.83 bits per heavy atom. The first-order chi connectivity index (χ1) is 8.54. The molecule has 1 rings (SSSR count). The predicted molar refractivity (Wildman–Crippen MR) is 75.1 cm³/mol. The lowest BCUT2D eigenvalue weighted by atomic mass is 10.1. The third kappa shape index (κ3) is 4.35. The molecule has 18 heavy (non-hydrogen) atoms. The normalized spacial score (nSPS) is 10.7. The van der Waals surface area contributed by atoms with E-state index in [1.165, 1.54) is 0 Å². The highest BCUT2D eigenvalue weighted by molar-refractivity contribution is 5.50. The number of non-ortho nitro benzene ring substituents is 1. The molecule has 4 nitrogen and oxygen atoms in total. The third-order valence-corrected chi connectivity index (χ3v) is 2.90. The van der Waals surface area contributed by atoms with E-state index in [0.29, 0.717) is 5.92 Å². The van der Waals surface area contributed by atoms with Gasteiger partial charge in [-0.15, -0.1) is 0 Å². The summed E-state index contributed by atoms with van der Waals surface area (Å²) in [5, 5.41) is 10.6. The molecule has 0 fully saturated rings. The molecule has 0 saturated carbocycles. The van der Waals surface area contributed by atoms with Crippen LogP contribution >= 0.6 is 0 Å². The van der Waals surface area contributed by atoms with E-state index in [1.807, 2.05) is 12.1 Å². The average Bonchev–Trinajstić information content (AvgIpc) is 2.34. The van der Waals surface area contributed by atoms with Crippen LogP contribution in [0.5, 0.6) is 0 Å². The molecule has 0 unspecified atom stereocenters. The molecular formula is C14H22N2O2. The van der Waals surface area contributed by atoms with Gasteiger partial charge in [-0.2, -0.15) is 0 Å². The lowest BCUT2D eigenvalue weighted by Gasteiger charge is -2.25. The SMILES string of the molecule is CCCN(CCC(C)C)c1ccc([N+](=O)[O-])cc1. The summed E-state index contributed by atoms with van der Waals surface area (Å²) < 4.78 is 0. The zero-order valence-electron chi connectivity index (χ0n) is 11.4. The van der Waals surface area contributed by atoms with Crippen molar-refractivity contribution in [2.75, 3.05) is 18.0 Å². The first-order valence-electron chi connectivity index (χ1n) is 6.54. The Morgan fingerprint density at radius 3 is 2.28 bits per heavy atom. The summed E-state index contributed by atoms with van der Waals surface area (Å²) in [4.78, 5) is 12.6. The molecule has 0 aliphatic heterocycles. The van der Waals surface area contributed by atoms with Gasteiger partial charge in [-0.25, -0.2) is 0 Å². The predicted octanol–water partition coefficient (Wildman–Crippen LogP) is 3.86. The number of nitro groups is 1. The van der Waals surface area contributed by atoms with E-state index in [4.69, 9.17) is 0 Å². The van der Waals surface area contributed by atoms with Crippen molar-refractivity contribution in [1.29, 1.82) is 0 Å². The van der Waals surface area contributed by atoms with Gasteiger partial charge in [-0.05, 0) is 30.9 Å². The molecule has 100 valence electrons. The maximum absolute atomic E-state index is 10.6. The van der Waals surface area contributed by atoms with Crippen LogP contribution in [0.4, 0.5) is 11.4 Å². The monoisotopic (exact) mass is 250 g/mol. The van der Waals surface area contributed by atoms with E-state index < -0.39 is 0 Å². The number of benzene rings is 1. The van der Waals surface area contributed by atoms with Gasteiger partial charge in [-0.3, -0.25) is 10.1 Å². The van der Waals surface area contributed by atoms with Gasteiger partial charge in [0.1, 0.15) is 0 Å². The standard InChI is InChI=1S/C14H22N2O2/c1-4-10-15(11-9-12(2)3)13-5-7-14(8-6-13)16(17)18/h5-8,12H,4,9-11H2,1-3H3. The maximum atomic E-state index is 10.6. The van der Waals surface area contributed by atoms with Crippen molar-refractivity contribution in [3.05, 3.63) is 34.4 Å². The van der Waals surface area contributed by atoms with Gasteiger partial charge in [0.25, 0.3) is 5.69 Å². The Morgan fingerprint density at radius 1 is 1.22 bits per heavy atom. The summed E-state index contributed by atoms with van der Waals surface area (Å²) in [6.45, 7) is 8.56. The van der Waals surface area contributed by atoms with E-state index >= 15 is 0 Å². The summed E-state index contributed by atoms with van der Waals surface area (Å²) >= 11 is 0. The van der Waals surface area contributed by atoms with Crippen molar-refractivity contribution >= 4 is 11.4 Å². The van der Waals surface area contributed by atoms with Crippen LogP contribution in [0.1, 0.15) is 33.6 Å². The maximum Gasteiger partial charge on any atom is 0.269 e. The smallest absolute Gasteiger partial charge is 0.269 e. The molecule has 0 heterocycles. The summed E-state index contributed by atoms with van der Waals surface area (Å²) in [5.74, 6) is 0.669. The lowest BCUT2D eigenvalue weighted by molar-refractivity contribution is -0.384. The van der Waals surface area contributed by atoms with Gasteiger partial charge in [0.15, 0.2) is 0 Å². The Hall–Kier alpha value is -1.58. The molecule has 0 saturated heterocycles. The van der Waals surface area contributed by atoms with Gasteiger partial charge in [0.05, 0.1) is 4.92 Å². The van der Waals surface area contributed by atoms with Crippen molar-refractivity contribution in [3.8, 4) is 0 Å². The minimum absolute atomic E-state index is 0.152.